The van der Waals surface area contributed by atoms with Crippen LogP contribution in [0.1, 0.15) is 86.0 Å². The molecule has 1 fully saturated rings. The van der Waals surface area contributed by atoms with Crippen LogP contribution in [0.15, 0.2) is 0 Å². The van der Waals surface area contributed by atoms with Crippen LogP contribution in [-0.4, -0.2) is 25.2 Å². The Hall–Kier alpha value is -1.06. The molecule has 1 aliphatic rings. The molecule has 146 valence electrons. The average molecular weight is 355 g/mol. The molecule has 0 amide bonds. The van der Waals surface area contributed by atoms with Crippen molar-refractivity contribution in [1.29, 1.82) is 0 Å². The number of carbonyl (C=O) groups excluding carboxylic acids is 2. The predicted molar refractivity (Wildman–Crippen MR) is 100 cm³/mol. The maximum Gasteiger partial charge on any atom is 0.312 e. The molecule has 4 heteroatoms. The fraction of sp³-hybridized carbons (Fsp3) is 0.905. The highest BCUT2D eigenvalue weighted by Gasteiger charge is 2.49. The second-order valence-corrected chi connectivity index (χ2v) is 8.49. The van der Waals surface area contributed by atoms with E-state index in [1.54, 1.807) is 0 Å². The Morgan fingerprint density at radius 1 is 1.00 bits per heavy atom. The Labute approximate surface area is 154 Å². The molecule has 25 heavy (non-hydrogen) atoms. The molecule has 1 rings (SSSR count). The molecule has 0 heterocycles. The predicted octanol–water partition coefficient (Wildman–Crippen LogP) is 5.14. The van der Waals surface area contributed by atoms with Crippen LogP contribution in [0.2, 0.25) is 0 Å². The quantitative estimate of drug-likeness (QED) is 0.482. The summed E-state index contributed by atoms with van der Waals surface area (Å²) in [4.78, 5) is 25.6. The molecule has 1 saturated carbocycles. The van der Waals surface area contributed by atoms with Crippen molar-refractivity contribution in [2.45, 2.75) is 86.0 Å². The van der Waals surface area contributed by atoms with Crippen molar-refractivity contribution in [3.63, 3.8) is 0 Å². The van der Waals surface area contributed by atoms with Gasteiger partial charge in [0.05, 0.1) is 25.0 Å². The minimum Gasteiger partial charge on any atom is -0.465 e. The van der Waals surface area contributed by atoms with Gasteiger partial charge in [-0.2, -0.15) is 0 Å². The summed E-state index contributed by atoms with van der Waals surface area (Å²) in [6, 6.07) is 0. The zero-order chi connectivity index (χ0) is 18.9. The average Bonchev–Trinajstić information content (AvgIpc) is 3.09. The number of ether oxygens (including phenoxy) is 2. The van der Waals surface area contributed by atoms with E-state index < -0.39 is 5.41 Å². The first-order valence-corrected chi connectivity index (χ1v) is 10.1. The van der Waals surface area contributed by atoms with Crippen molar-refractivity contribution >= 4 is 11.9 Å². The number of hydrogen-bond acceptors (Lipinski definition) is 4. The number of rotatable bonds is 11. The lowest BCUT2D eigenvalue weighted by Crippen LogP contribution is -2.42. The summed E-state index contributed by atoms with van der Waals surface area (Å²) in [5, 5.41) is 0. The van der Waals surface area contributed by atoms with E-state index in [4.69, 9.17) is 9.47 Å². The van der Waals surface area contributed by atoms with Crippen LogP contribution in [0.3, 0.4) is 0 Å². The molecule has 0 aromatic carbocycles. The van der Waals surface area contributed by atoms with Crippen LogP contribution in [-0.2, 0) is 19.1 Å². The lowest BCUT2D eigenvalue weighted by atomic mass is 9.68. The van der Waals surface area contributed by atoms with Crippen LogP contribution in [0.25, 0.3) is 0 Å². The molecule has 1 atom stereocenters. The van der Waals surface area contributed by atoms with E-state index in [0.29, 0.717) is 25.0 Å². The van der Waals surface area contributed by atoms with E-state index in [1.165, 1.54) is 0 Å². The summed E-state index contributed by atoms with van der Waals surface area (Å²) >= 11 is 0. The normalized spacial score (nSPS) is 17.7. The van der Waals surface area contributed by atoms with Gasteiger partial charge in [-0.3, -0.25) is 9.59 Å². The Balaban J connectivity index is 2.97. The zero-order valence-electron chi connectivity index (χ0n) is 16.9. The summed E-state index contributed by atoms with van der Waals surface area (Å²) in [5.74, 6) is 0.407. The summed E-state index contributed by atoms with van der Waals surface area (Å²) in [6.45, 7) is 11.1. The highest BCUT2D eigenvalue weighted by Crippen LogP contribution is 2.47. The molecule has 0 aromatic heterocycles. The van der Waals surface area contributed by atoms with Crippen LogP contribution in [0.5, 0.6) is 0 Å². The Morgan fingerprint density at radius 2 is 1.56 bits per heavy atom. The first-order valence-electron chi connectivity index (χ1n) is 10.1. The molecule has 0 aliphatic heterocycles. The van der Waals surface area contributed by atoms with Gasteiger partial charge in [0.25, 0.3) is 0 Å². The minimum absolute atomic E-state index is 0.168. The summed E-state index contributed by atoms with van der Waals surface area (Å²) in [5.41, 5.74) is -0.699. The Bertz CT molecular complexity index is 410. The molecule has 0 N–H and O–H groups in total. The van der Waals surface area contributed by atoms with Gasteiger partial charge in [-0.05, 0) is 37.0 Å². The molecule has 0 radical (unpaired) electrons. The van der Waals surface area contributed by atoms with Crippen LogP contribution in [0, 0.1) is 23.2 Å². The fourth-order valence-electron chi connectivity index (χ4n) is 3.70. The third-order valence-electron chi connectivity index (χ3n) is 5.10. The van der Waals surface area contributed by atoms with Gasteiger partial charge in [0, 0.05) is 0 Å². The Morgan fingerprint density at radius 3 is 2.08 bits per heavy atom. The molecule has 0 bridgehead atoms. The van der Waals surface area contributed by atoms with E-state index >= 15 is 0 Å². The highest BCUT2D eigenvalue weighted by atomic mass is 16.5. The molecule has 1 unspecified atom stereocenters. The van der Waals surface area contributed by atoms with Crippen molar-refractivity contribution in [2.24, 2.45) is 23.2 Å². The zero-order valence-corrected chi connectivity index (χ0v) is 16.9. The fourth-order valence-corrected chi connectivity index (χ4v) is 3.70. The molecule has 1 aliphatic carbocycles. The molecule has 0 spiro atoms. The van der Waals surface area contributed by atoms with Gasteiger partial charge in [0.1, 0.15) is 0 Å². The maximum atomic E-state index is 13.1. The topological polar surface area (TPSA) is 52.6 Å². The van der Waals surface area contributed by atoms with Crippen molar-refractivity contribution < 1.29 is 19.1 Å². The first kappa shape index (κ1) is 22.0. The van der Waals surface area contributed by atoms with E-state index in [-0.39, 0.29) is 24.3 Å². The lowest BCUT2D eigenvalue weighted by Gasteiger charge is -2.36. The van der Waals surface area contributed by atoms with E-state index in [9.17, 15) is 9.59 Å². The monoisotopic (exact) mass is 354 g/mol. The minimum atomic E-state index is -0.699. The lowest BCUT2D eigenvalue weighted by molar-refractivity contribution is -0.169. The second kappa shape index (κ2) is 10.8. The third kappa shape index (κ3) is 6.99. The van der Waals surface area contributed by atoms with Gasteiger partial charge in [0.2, 0.25) is 0 Å². The standard InChI is InChI=1S/C21H38O4/c1-6-7-12-21(18-10-8-9-11-18,20(23)25-15-17(4)5)13-19(22)24-14-16(2)3/h16-18H,6-15H2,1-5H3. The first-order chi connectivity index (χ1) is 11.8. The number of unbranched alkanes of at least 4 members (excludes halogenated alkanes) is 1. The van der Waals surface area contributed by atoms with Gasteiger partial charge in [-0.15, -0.1) is 0 Å². The van der Waals surface area contributed by atoms with Gasteiger partial charge < -0.3 is 9.47 Å². The van der Waals surface area contributed by atoms with Gasteiger partial charge >= 0.3 is 11.9 Å². The molecule has 0 saturated heterocycles. The third-order valence-corrected chi connectivity index (χ3v) is 5.10. The smallest absolute Gasteiger partial charge is 0.312 e. The Kier molecular flexibility index (Phi) is 9.52. The van der Waals surface area contributed by atoms with Crippen molar-refractivity contribution in [3.8, 4) is 0 Å². The molecule has 4 nitrogen and oxygen atoms in total. The summed E-state index contributed by atoms with van der Waals surface area (Å²) in [7, 11) is 0. The van der Waals surface area contributed by atoms with Crippen molar-refractivity contribution in [3.05, 3.63) is 0 Å². The maximum absolute atomic E-state index is 13.1. The van der Waals surface area contributed by atoms with Gasteiger partial charge in [-0.1, -0.05) is 60.3 Å². The van der Waals surface area contributed by atoms with Gasteiger partial charge in [0.15, 0.2) is 0 Å². The van der Waals surface area contributed by atoms with Crippen LogP contribution < -0.4 is 0 Å². The SMILES string of the molecule is CCCCC(CC(=O)OCC(C)C)(C(=O)OCC(C)C)C1CCCC1. The summed E-state index contributed by atoms with van der Waals surface area (Å²) in [6.07, 6.45) is 7.13. The number of esters is 2. The highest BCUT2D eigenvalue weighted by molar-refractivity contribution is 5.84. The van der Waals surface area contributed by atoms with E-state index in [2.05, 4.69) is 6.92 Å². The van der Waals surface area contributed by atoms with Crippen LogP contribution in [0.4, 0.5) is 0 Å². The van der Waals surface area contributed by atoms with E-state index in [1.807, 2.05) is 27.7 Å². The van der Waals surface area contributed by atoms with E-state index in [0.717, 1.165) is 44.9 Å². The second-order valence-electron chi connectivity index (χ2n) is 8.49. The van der Waals surface area contributed by atoms with Gasteiger partial charge in [-0.25, -0.2) is 0 Å². The number of hydrogen-bond donors (Lipinski definition) is 0. The van der Waals surface area contributed by atoms with Crippen molar-refractivity contribution in [1.82, 2.24) is 0 Å². The molecular formula is C21H38O4. The molecule has 0 aromatic rings. The molecular weight excluding hydrogens is 316 g/mol. The number of carbonyl (C=O) groups is 2. The largest absolute Gasteiger partial charge is 0.465 e. The summed E-state index contributed by atoms with van der Waals surface area (Å²) < 4.78 is 11.1. The van der Waals surface area contributed by atoms with Crippen molar-refractivity contribution in [2.75, 3.05) is 13.2 Å². The van der Waals surface area contributed by atoms with Crippen LogP contribution >= 0.6 is 0 Å².